The number of hydrogen-bond donors (Lipinski definition) is 3. The smallest absolute Gasteiger partial charge is 0.221 e. The van der Waals surface area contributed by atoms with Crippen molar-refractivity contribution in [3.63, 3.8) is 0 Å². The van der Waals surface area contributed by atoms with Crippen LogP contribution in [0.15, 0.2) is 4.99 Å². The Morgan fingerprint density at radius 3 is 2.52 bits per heavy atom. The Morgan fingerprint density at radius 1 is 1.11 bits per heavy atom. The van der Waals surface area contributed by atoms with E-state index < -0.39 is 0 Å². The Kier molecular flexibility index (Phi) is 9.95. The van der Waals surface area contributed by atoms with Crippen molar-refractivity contribution in [2.45, 2.75) is 83.6 Å². The highest BCUT2D eigenvalue weighted by Crippen LogP contribution is 2.40. The van der Waals surface area contributed by atoms with Crippen LogP contribution in [0.5, 0.6) is 0 Å². The third kappa shape index (κ3) is 8.08. The Labute approximate surface area is 165 Å². The van der Waals surface area contributed by atoms with Crippen molar-refractivity contribution >= 4 is 11.9 Å². The number of guanidine groups is 1. The van der Waals surface area contributed by atoms with Gasteiger partial charge in [-0.3, -0.25) is 9.79 Å². The van der Waals surface area contributed by atoms with Crippen molar-refractivity contribution in [3.8, 4) is 0 Å². The molecule has 0 aromatic rings. The Morgan fingerprint density at radius 2 is 1.85 bits per heavy atom. The van der Waals surface area contributed by atoms with Crippen molar-refractivity contribution in [1.82, 2.24) is 16.0 Å². The van der Waals surface area contributed by atoms with Gasteiger partial charge in [-0.2, -0.15) is 0 Å². The molecule has 0 aliphatic heterocycles. The lowest BCUT2D eigenvalue weighted by atomic mass is 9.83. The first kappa shape index (κ1) is 22.0. The molecule has 2 saturated carbocycles. The van der Waals surface area contributed by atoms with E-state index in [1.54, 1.807) is 7.05 Å². The lowest BCUT2D eigenvalue weighted by Crippen LogP contribution is -2.44. The molecular formula is C21H40N4O2. The number of hydrogen-bond acceptors (Lipinski definition) is 3. The quantitative estimate of drug-likeness (QED) is 0.309. The van der Waals surface area contributed by atoms with E-state index in [0.717, 1.165) is 45.0 Å². The Balaban J connectivity index is 1.66. The van der Waals surface area contributed by atoms with Crippen LogP contribution in [0.3, 0.4) is 0 Å². The molecule has 0 aromatic heterocycles. The number of aliphatic imine (C=N–C) groups is 1. The van der Waals surface area contributed by atoms with Gasteiger partial charge < -0.3 is 20.7 Å². The van der Waals surface area contributed by atoms with E-state index >= 15 is 0 Å². The fraction of sp³-hybridized carbons (Fsp3) is 0.905. The van der Waals surface area contributed by atoms with E-state index in [4.69, 9.17) is 4.74 Å². The summed E-state index contributed by atoms with van der Waals surface area (Å²) < 4.78 is 5.59. The second-order valence-corrected chi connectivity index (χ2v) is 8.16. The molecule has 2 aliphatic carbocycles. The molecule has 2 fully saturated rings. The lowest BCUT2D eigenvalue weighted by Gasteiger charge is -2.30. The molecule has 6 heteroatoms. The first-order valence-corrected chi connectivity index (χ1v) is 11.0. The number of nitrogens with one attached hydrogen (secondary N) is 3. The Bertz CT molecular complexity index is 455. The predicted molar refractivity (Wildman–Crippen MR) is 111 cm³/mol. The molecule has 2 aliphatic rings. The Hall–Kier alpha value is -1.30. The summed E-state index contributed by atoms with van der Waals surface area (Å²) in [5.41, 5.74) is 0.325. The third-order valence-corrected chi connectivity index (χ3v) is 6.11. The minimum Gasteiger partial charge on any atom is -0.382 e. The topological polar surface area (TPSA) is 74.8 Å². The first-order chi connectivity index (χ1) is 13.2. The zero-order valence-corrected chi connectivity index (χ0v) is 17.4. The van der Waals surface area contributed by atoms with E-state index in [1.807, 2.05) is 0 Å². The average Bonchev–Trinajstić information content (AvgIpc) is 3.14. The normalized spacial score (nSPS) is 20.4. The summed E-state index contributed by atoms with van der Waals surface area (Å²) in [4.78, 5) is 16.4. The molecule has 27 heavy (non-hydrogen) atoms. The maximum Gasteiger partial charge on any atom is 0.221 e. The van der Waals surface area contributed by atoms with Gasteiger partial charge in [-0.15, -0.1) is 0 Å². The summed E-state index contributed by atoms with van der Waals surface area (Å²) >= 11 is 0. The van der Waals surface area contributed by atoms with Crippen molar-refractivity contribution in [1.29, 1.82) is 0 Å². The molecule has 0 bridgehead atoms. The standard InChI is InChI=1S/C21H40N4O2/c1-3-27-16-14-21(12-7-8-13-21)17-24-20(22-2)23-15-11-19(26)25-18-9-5-4-6-10-18/h18H,3-17H2,1-2H3,(H,25,26)(H2,22,23,24). The number of ether oxygens (including phenoxy) is 1. The van der Waals surface area contributed by atoms with Crippen molar-refractivity contribution in [3.05, 3.63) is 0 Å². The van der Waals surface area contributed by atoms with E-state index in [0.29, 0.717) is 24.4 Å². The van der Waals surface area contributed by atoms with Gasteiger partial charge in [0.1, 0.15) is 0 Å². The molecule has 0 unspecified atom stereocenters. The van der Waals surface area contributed by atoms with Gasteiger partial charge in [-0.1, -0.05) is 32.1 Å². The second kappa shape index (κ2) is 12.2. The molecule has 0 atom stereocenters. The minimum absolute atomic E-state index is 0.147. The average molecular weight is 381 g/mol. The monoisotopic (exact) mass is 380 g/mol. The van der Waals surface area contributed by atoms with Gasteiger partial charge in [0.15, 0.2) is 5.96 Å². The SMILES string of the molecule is CCOCCC1(CNC(=NC)NCCC(=O)NC2CCCCC2)CCCC1. The number of rotatable bonds is 10. The molecule has 3 N–H and O–H groups in total. The van der Waals surface area contributed by atoms with Crippen LogP contribution in [0.4, 0.5) is 0 Å². The van der Waals surface area contributed by atoms with E-state index in [9.17, 15) is 4.79 Å². The van der Waals surface area contributed by atoms with Crippen molar-refractivity contribution < 1.29 is 9.53 Å². The predicted octanol–water partition coefficient (Wildman–Crippen LogP) is 2.98. The number of carbonyl (C=O) groups excluding carboxylic acids is 1. The van der Waals surface area contributed by atoms with Gasteiger partial charge >= 0.3 is 0 Å². The lowest BCUT2D eigenvalue weighted by molar-refractivity contribution is -0.121. The molecule has 156 valence electrons. The second-order valence-electron chi connectivity index (χ2n) is 8.16. The third-order valence-electron chi connectivity index (χ3n) is 6.11. The first-order valence-electron chi connectivity index (χ1n) is 11.0. The maximum absolute atomic E-state index is 12.1. The summed E-state index contributed by atoms with van der Waals surface area (Å²) in [5, 5.41) is 9.95. The van der Waals surface area contributed by atoms with E-state index in [-0.39, 0.29) is 5.91 Å². The number of carbonyl (C=O) groups is 1. The van der Waals surface area contributed by atoms with Crippen LogP contribution in [0.2, 0.25) is 0 Å². The van der Waals surface area contributed by atoms with Crippen molar-refractivity contribution in [2.24, 2.45) is 10.4 Å². The van der Waals surface area contributed by atoms with Crippen LogP contribution in [-0.2, 0) is 9.53 Å². The highest BCUT2D eigenvalue weighted by Gasteiger charge is 2.33. The van der Waals surface area contributed by atoms with Crippen LogP contribution in [0, 0.1) is 5.41 Å². The summed E-state index contributed by atoms with van der Waals surface area (Å²) in [6.07, 6.45) is 12.8. The molecule has 0 spiro atoms. The number of nitrogens with zero attached hydrogens (tertiary/aromatic N) is 1. The molecule has 0 heterocycles. The summed E-state index contributed by atoms with van der Waals surface area (Å²) in [7, 11) is 1.79. The largest absolute Gasteiger partial charge is 0.382 e. The van der Waals surface area contributed by atoms with Gasteiger partial charge in [0.2, 0.25) is 5.91 Å². The fourth-order valence-electron chi connectivity index (χ4n) is 4.41. The maximum atomic E-state index is 12.1. The van der Waals surface area contributed by atoms with Crippen LogP contribution in [0.25, 0.3) is 0 Å². The van der Waals surface area contributed by atoms with Crippen molar-refractivity contribution in [2.75, 3.05) is 33.4 Å². The minimum atomic E-state index is 0.147. The van der Waals surface area contributed by atoms with Gasteiger partial charge in [0.05, 0.1) is 0 Å². The molecule has 1 amide bonds. The van der Waals surface area contributed by atoms with Crippen LogP contribution < -0.4 is 16.0 Å². The van der Waals surface area contributed by atoms with E-state index in [2.05, 4.69) is 27.9 Å². The summed E-state index contributed by atoms with van der Waals surface area (Å²) in [6, 6.07) is 0.385. The molecular weight excluding hydrogens is 340 g/mol. The van der Waals surface area contributed by atoms with Gasteiger partial charge in [0.25, 0.3) is 0 Å². The number of amides is 1. The summed E-state index contributed by atoms with van der Waals surface area (Å²) in [5.74, 6) is 0.942. The molecule has 0 saturated heterocycles. The summed E-state index contributed by atoms with van der Waals surface area (Å²) in [6.45, 7) is 5.22. The highest BCUT2D eigenvalue weighted by molar-refractivity contribution is 5.81. The fourth-order valence-corrected chi connectivity index (χ4v) is 4.41. The van der Waals surface area contributed by atoms with Crippen LogP contribution in [0.1, 0.15) is 77.6 Å². The van der Waals surface area contributed by atoms with Crippen LogP contribution in [-0.4, -0.2) is 51.3 Å². The molecule has 0 radical (unpaired) electrons. The highest BCUT2D eigenvalue weighted by atomic mass is 16.5. The molecule has 2 rings (SSSR count). The van der Waals surface area contributed by atoms with Gasteiger partial charge in [-0.25, -0.2) is 0 Å². The van der Waals surface area contributed by atoms with Gasteiger partial charge in [-0.05, 0) is 44.4 Å². The van der Waals surface area contributed by atoms with Crippen LogP contribution >= 0.6 is 0 Å². The molecule has 0 aromatic carbocycles. The zero-order chi connectivity index (χ0) is 19.4. The van der Waals surface area contributed by atoms with Gasteiger partial charge in [0, 0.05) is 45.8 Å². The molecule has 6 nitrogen and oxygen atoms in total. The zero-order valence-electron chi connectivity index (χ0n) is 17.4. The van der Waals surface area contributed by atoms with E-state index in [1.165, 1.54) is 44.9 Å².